The van der Waals surface area contributed by atoms with E-state index < -0.39 is 0 Å². The summed E-state index contributed by atoms with van der Waals surface area (Å²) in [5.41, 5.74) is 11.8. The van der Waals surface area contributed by atoms with Crippen LogP contribution in [0.2, 0.25) is 0 Å². The van der Waals surface area contributed by atoms with E-state index in [1.807, 2.05) is 36.5 Å². The lowest BCUT2D eigenvalue weighted by atomic mass is 9.91. The first-order chi connectivity index (χ1) is 24.4. The van der Waals surface area contributed by atoms with Crippen LogP contribution in [0.25, 0.3) is 11.3 Å². The summed E-state index contributed by atoms with van der Waals surface area (Å²) in [4.78, 5) is 32.8. The predicted octanol–water partition coefficient (Wildman–Crippen LogP) is 6.46. The van der Waals surface area contributed by atoms with Crippen molar-refractivity contribution in [3.63, 3.8) is 0 Å². The van der Waals surface area contributed by atoms with E-state index in [0.717, 1.165) is 74.8 Å². The fraction of sp³-hybridized carbons (Fsp3) is 0.425. The van der Waals surface area contributed by atoms with Crippen LogP contribution in [-0.2, 0) is 10.3 Å². The number of nitrogens with zero attached hydrogens (tertiary/aromatic N) is 5. The third-order valence-electron chi connectivity index (χ3n) is 10.0. The van der Waals surface area contributed by atoms with Crippen LogP contribution in [0.15, 0.2) is 67.1 Å². The van der Waals surface area contributed by atoms with E-state index in [9.17, 15) is 4.79 Å². The maximum absolute atomic E-state index is 12.3. The van der Waals surface area contributed by atoms with Gasteiger partial charge in [-0.3, -0.25) is 14.7 Å². The maximum atomic E-state index is 12.3. The van der Waals surface area contributed by atoms with Gasteiger partial charge in [-0.25, -0.2) is 9.97 Å². The number of anilines is 3. The zero-order valence-corrected chi connectivity index (χ0v) is 28.8. The molecular formula is C40H46N8O2. The van der Waals surface area contributed by atoms with Gasteiger partial charge in [-0.1, -0.05) is 51.0 Å². The van der Waals surface area contributed by atoms with E-state index in [0.29, 0.717) is 34.6 Å². The number of rotatable bonds is 7. The number of carbonyl (C=O) groups is 1. The quantitative estimate of drug-likeness (QED) is 0.190. The molecule has 0 spiro atoms. The number of hydrogen-bond donors (Lipinski definition) is 3. The Morgan fingerprint density at radius 3 is 2.34 bits per heavy atom. The van der Waals surface area contributed by atoms with Gasteiger partial charge >= 0.3 is 0 Å². The average Bonchev–Trinajstić information content (AvgIpc) is 4.10. The van der Waals surface area contributed by atoms with Crippen molar-refractivity contribution in [2.24, 2.45) is 5.92 Å². The van der Waals surface area contributed by atoms with Crippen molar-refractivity contribution in [3.05, 3.63) is 89.5 Å². The number of carbonyl (C=O) groups excluding carboxylic acids is 1. The van der Waals surface area contributed by atoms with Gasteiger partial charge in [0.05, 0.1) is 24.5 Å². The van der Waals surface area contributed by atoms with Gasteiger partial charge in [0.15, 0.2) is 0 Å². The summed E-state index contributed by atoms with van der Waals surface area (Å²) in [7, 11) is 0. The zero-order valence-electron chi connectivity index (χ0n) is 28.8. The van der Waals surface area contributed by atoms with E-state index in [1.165, 1.54) is 37.7 Å². The summed E-state index contributed by atoms with van der Waals surface area (Å²) in [6.45, 7) is 5.85. The molecule has 50 heavy (non-hydrogen) atoms. The van der Waals surface area contributed by atoms with Crippen molar-refractivity contribution in [3.8, 4) is 23.1 Å². The summed E-state index contributed by atoms with van der Waals surface area (Å²) < 4.78 is 5.54. The van der Waals surface area contributed by atoms with E-state index >= 15 is 0 Å². The lowest BCUT2D eigenvalue weighted by molar-refractivity contribution is 0.00828. The lowest BCUT2D eigenvalue weighted by Crippen LogP contribution is -2.43. The standard InChI is InChI=1S/C33H32N8O2.C7H14/c34-30-28(29-10-4-24(20-36-29)33(12-13-33)41-15-17-43-18-16-41)21-37-32(40-30)39-26-5-1-22(2-6-26)3-7-27-19-23(11-14-35-27)31(42)38-25-8-9-25;1-7-5-3-2-4-6-7/h1-2,4-6,10-11,14,19-21,25H,8-9,12-13,15-18H2,(H,38,42)(H3,34,37,39,40);7H,2-6H2,1H3. The number of nitrogens with one attached hydrogen (secondary N) is 2. The molecular weight excluding hydrogens is 624 g/mol. The van der Waals surface area contributed by atoms with Crippen LogP contribution >= 0.6 is 0 Å². The molecule has 10 nitrogen and oxygen atoms in total. The number of nitrogen functional groups attached to an aromatic ring is 1. The molecule has 0 atom stereocenters. The molecule has 4 aliphatic rings. The molecule has 4 heterocycles. The number of ether oxygens (including phenoxy) is 1. The Balaban J connectivity index is 0.000000501. The van der Waals surface area contributed by atoms with Gasteiger partial charge in [-0.2, -0.15) is 4.98 Å². The molecule has 3 saturated carbocycles. The normalized spacial score (nSPS) is 18.5. The van der Waals surface area contributed by atoms with Gasteiger partial charge in [0, 0.05) is 60.1 Å². The van der Waals surface area contributed by atoms with Crippen LogP contribution in [-0.4, -0.2) is 63.1 Å². The largest absolute Gasteiger partial charge is 0.383 e. The highest BCUT2D eigenvalue weighted by Crippen LogP contribution is 2.51. The monoisotopic (exact) mass is 670 g/mol. The molecule has 3 aromatic heterocycles. The topological polar surface area (TPSA) is 131 Å². The second-order valence-electron chi connectivity index (χ2n) is 13.9. The molecule has 4 aromatic rings. The highest BCUT2D eigenvalue weighted by atomic mass is 16.5. The molecule has 1 aromatic carbocycles. The van der Waals surface area contributed by atoms with Crippen LogP contribution in [0, 0.1) is 17.8 Å². The van der Waals surface area contributed by atoms with E-state index in [-0.39, 0.29) is 11.4 Å². The van der Waals surface area contributed by atoms with Crippen LogP contribution in [0.3, 0.4) is 0 Å². The predicted molar refractivity (Wildman–Crippen MR) is 196 cm³/mol. The molecule has 258 valence electrons. The Hall–Kier alpha value is -4.85. The molecule has 0 bridgehead atoms. The second kappa shape index (κ2) is 15.4. The van der Waals surface area contributed by atoms with Crippen LogP contribution < -0.4 is 16.4 Å². The van der Waals surface area contributed by atoms with E-state index in [1.54, 1.807) is 24.5 Å². The maximum Gasteiger partial charge on any atom is 0.251 e. The van der Waals surface area contributed by atoms with Gasteiger partial charge in [0.1, 0.15) is 11.5 Å². The van der Waals surface area contributed by atoms with Crippen LogP contribution in [0.5, 0.6) is 0 Å². The Morgan fingerprint density at radius 2 is 1.70 bits per heavy atom. The third kappa shape index (κ3) is 8.47. The fourth-order valence-corrected chi connectivity index (χ4v) is 6.72. The minimum atomic E-state index is -0.0839. The van der Waals surface area contributed by atoms with Crippen molar-refractivity contribution in [1.82, 2.24) is 30.2 Å². The lowest BCUT2D eigenvalue weighted by Gasteiger charge is -2.35. The van der Waals surface area contributed by atoms with Gasteiger partial charge < -0.3 is 21.1 Å². The number of benzene rings is 1. The Morgan fingerprint density at radius 1 is 0.920 bits per heavy atom. The molecule has 0 radical (unpaired) electrons. The minimum Gasteiger partial charge on any atom is -0.383 e. The van der Waals surface area contributed by atoms with Crippen molar-refractivity contribution in [2.75, 3.05) is 37.4 Å². The van der Waals surface area contributed by atoms with Crippen molar-refractivity contribution in [2.45, 2.75) is 76.3 Å². The molecule has 1 amide bonds. The molecule has 8 rings (SSSR count). The number of morpholine rings is 1. The molecule has 10 heteroatoms. The van der Waals surface area contributed by atoms with Gasteiger partial charge in [0.25, 0.3) is 5.91 Å². The van der Waals surface area contributed by atoms with Gasteiger partial charge in [-0.15, -0.1) is 0 Å². The Bertz CT molecular complexity index is 1830. The van der Waals surface area contributed by atoms with Crippen molar-refractivity contribution >= 4 is 23.4 Å². The first kappa shape index (κ1) is 33.6. The zero-order chi connectivity index (χ0) is 34.3. The summed E-state index contributed by atoms with van der Waals surface area (Å²) >= 11 is 0. The Kier molecular flexibility index (Phi) is 10.3. The summed E-state index contributed by atoms with van der Waals surface area (Å²) in [5.74, 6) is 7.85. The summed E-state index contributed by atoms with van der Waals surface area (Å²) in [6, 6.07) is 15.5. The van der Waals surface area contributed by atoms with Gasteiger partial charge in [0.2, 0.25) is 5.95 Å². The van der Waals surface area contributed by atoms with Crippen molar-refractivity contribution < 1.29 is 9.53 Å². The van der Waals surface area contributed by atoms with Crippen molar-refractivity contribution in [1.29, 1.82) is 0 Å². The Labute approximate surface area is 294 Å². The SMILES string of the molecule is CC1CCCCC1.Nc1nc(Nc2ccc(C#Cc3cc(C(=O)NC4CC4)ccn3)cc2)ncc1-c1ccc(C2(N3CCOCC3)CC2)cn1. The van der Waals surface area contributed by atoms with Crippen LogP contribution in [0.1, 0.15) is 91.9 Å². The summed E-state index contributed by atoms with van der Waals surface area (Å²) in [6.07, 6.45) is 17.1. The molecule has 4 fully saturated rings. The number of nitrogens with two attached hydrogens (primary N) is 1. The number of aromatic nitrogens is 4. The minimum absolute atomic E-state index is 0.0839. The fourth-order valence-electron chi connectivity index (χ4n) is 6.72. The first-order valence-corrected chi connectivity index (χ1v) is 18.0. The molecule has 3 aliphatic carbocycles. The van der Waals surface area contributed by atoms with E-state index in [4.69, 9.17) is 15.5 Å². The molecule has 1 saturated heterocycles. The van der Waals surface area contributed by atoms with E-state index in [2.05, 4.69) is 55.3 Å². The molecule has 4 N–H and O–H groups in total. The third-order valence-corrected chi connectivity index (χ3v) is 10.0. The number of amides is 1. The highest BCUT2D eigenvalue weighted by molar-refractivity contribution is 5.94. The smallest absolute Gasteiger partial charge is 0.251 e. The number of hydrogen-bond acceptors (Lipinski definition) is 9. The number of pyridine rings is 2. The average molecular weight is 671 g/mol. The second-order valence-corrected chi connectivity index (χ2v) is 13.9. The molecule has 1 aliphatic heterocycles. The van der Waals surface area contributed by atoms with Crippen LogP contribution in [0.4, 0.5) is 17.5 Å². The first-order valence-electron chi connectivity index (χ1n) is 18.0. The molecule has 0 unspecified atom stereocenters. The summed E-state index contributed by atoms with van der Waals surface area (Å²) in [5, 5.41) is 6.18. The highest BCUT2D eigenvalue weighted by Gasteiger charge is 2.49. The van der Waals surface area contributed by atoms with Gasteiger partial charge in [-0.05, 0) is 85.5 Å².